The first-order valence-corrected chi connectivity index (χ1v) is 20.7. The monoisotopic (exact) mass is 638 g/mol. The van der Waals surface area contributed by atoms with Crippen molar-refractivity contribution in [1.82, 2.24) is 5.32 Å². The molecule has 0 aliphatic carbocycles. The molecule has 4 heteroatoms. The lowest BCUT2D eigenvalue weighted by molar-refractivity contribution is -0.123. The Morgan fingerprint density at radius 2 is 0.711 bits per heavy atom. The first-order chi connectivity index (χ1) is 22.2. The van der Waals surface area contributed by atoms with Gasteiger partial charge in [0.1, 0.15) is 0 Å². The van der Waals surface area contributed by atoms with Crippen molar-refractivity contribution in [3.8, 4) is 0 Å². The number of unbranched alkanes of at least 4 members (excludes halogenated alkanes) is 31. The number of carbonyl (C=O) groups excluding carboxylic acids is 1. The quantitative estimate of drug-likeness (QED) is 0.0590. The highest BCUT2D eigenvalue weighted by Gasteiger charge is 2.19. The van der Waals surface area contributed by atoms with E-state index in [0.717, 1.165) is 25.7 Å². The second kappa shape index (κ2) is 37.8. The van der Waals surface area contributed by atoms with Gasteiger partial charge in [0.05, 0.1) is 18.8 Å². The van der Waals surface area contributed by atoms with Crippen molar-refractivity contribution >= 4 is 5.91 Å². The van der Waals surface area contributed by atoms with Gasteiger partial charge in [-0.05, 0) is 12.8 Å². The van der Waals surface area contributed by atoms with Gasteiger partial charge in [-0.15, -0.1) is 0 Å². The van der Waals surface area contributed by atoms with Gasteiger partial charge >= 0.3 is 0 Å². The third-order valence-electron chi connectivity index (χ3n) is 9.87. The van der Waals surface area contributed by atoms with Gasteiger partial charge in [-0.3, -0.25) is 4.79 Å². The second-order valence-electron chi connectivity index (χ2n) is 14.4. The molecule has 0 aromatic carbocycles. The van der Waals surface area contributed by atoms with Gasteiger partial charge in [0, 0.05) is 6.42 Å². The topological polar surface area (TPSA) is 69.6 Å². The predicted molar refractivity (Wildman–Crippen MR) is 198 cm³/mol. The Hall–Kier alpha value is -0.610. The average molecular weight is 638 g/mol. The van der Waals surface area contributed by atoms with Gasteiger partial charge in [-0.2, -0.15) is 0 Å². The molecule has 0 aliphatic rings. The fraction of sp³-hybridized carbons (Fsp3) is 0.976. The van der Waals surface area contributed by atoms with E-state index < -0.39 is 12.1 Å². The van der Waals surface area contributed by atoms with E-state index in [1.165, 1.54) is 186 Å². The Labute approximate surface area is 283 Å². The number of carbonyl (C=O) groups is 1. The number of rotatable bonds is 38. The fourth-order valence-corrected chi connectivity index (χ4v) is 6.66. The molecule has 0 aromatic rings. The molecule has 270 valence electrons. The summed E-state index contributed by atoms with van der Waals surface area (Å²) < 4.78 is 0. The summed E-state index contributed by atoms with van der Waals surface area (Å²) in [6.07, 6.45) is 44.6. The number of hydrogen-bond donors (Lipinski definition) is 3. The van der Waals surface area contributed by atoms with Crippen molar-refractivity contribution in [2.24, 2.45) is 0 Å². The van der Waals surface area contributed by atoms with Gasteiger partial charge in [-0.1, -0.05) is 219 Å². The number of aliphatic hydroxyl groups is 2. The number of nitrogens with one attached hydrogen (secondary N) is 1. The molecule has 0 saturated heterocycles. The van der Waals surface area contributed by atoms with Crippen LogP contribution in [0.5, 0.6) is 0 Å². The van der Waals surface area contributed by atoms with Crippen LogP contribution in [0.25, 0.3) is 0 Å². The molecule has 2 atom stereocenters. The first-order valence-electron chi connectivity index (χ1n) is 20.7. The third-order valence-corrected chi connectivity index (χ3v) is 9.87. The van der Waals surface area contributed by atoms with Gasteiger partial charge in [0.25, 0.3) is 0 Å². The molecule has 45 heavy (non-hydrogen) atoms. The standard InChI is InChI=1S/C41H83NO3/c1-3-5-7-9-11-13-15-16-17-18-19-20-21-22-23-24-25-27-29-31-33-35-37-41(45)42-39(38-43)40(44)36-34-32-30-28-26-14-12-10-8-6-4-2/h39-40,43-44H,3-38H2,1-2H3,(H,42,45). The molecule has 4 nitrogen and oxygen atoms in total. The van der Waals surface area contributed by atoms with Crippen LogP contribution >= 0.6 is 0 Å². The van der Waals surface area contributed by atoms with E-state index in [2.05, 4.69) is 19.2 Å². The molecule has 0 aromatic heterocycles. The molecule has 0 aliphatic heterocycles. The van der Waals surface area contributed by atoms with Crippen LogP contribution in [0.2, 0.25) is 0 Å². The van der Waals surface area contributed by atoms with Crippen molar-refractivity contribution < 1.29 is 15.0 Å². The maximum atomic E-state index is 12.4. The zero-order chi connectivity index (χ0) is 32.9. The molecule has 0 heterocycles. The third kappa shape index (κ3) is 34.5. The molecule has 0 bridgehead atoms. The van der Waals surface area contributed by atoms with Crippen LogP contribution in [-0.2, 0) is 4.79 Å². The minimum atomic E-state index is -0.651. The van der Waals surface area contributed by atoms with Crippen LogP contribution in [-0.4, -0.2) is 34.9 Å². The Balaban J connectivity index is 3.44. The highest BCUT2D eigenvalue weighted by Crippen LogP contribution is 2.16. The zero-order valence-electron chi connectivity index (χ0n) is 30.9. The largest absolute Gasteiger partial charge is 0.394 e. The van der Waals surface area contributed by atoms with Crippen molar-refractivity contribution in [2.45, 2.75) is 251 Å². The van der Waals surface area contributed by atoms with Crippen LogP contribution in [0.1, 0.15) is 239 Å². The van der Waals surface area contributed by atoms with Gasteiger partial charge in [0.15, 0.2) is 0 Å². The predicted octanol–water partition coefficient (Wildman–Crippen LogP) is 12.5. The van der Waals surface area contributed by atoms with Crippen molar-refractivity contribution in [3.05, 3.63) is 0 Å². The lowest BCUT2D eigenvalue weighted by Crippen LogP contribution is -2.45. The summed E-state index contributed by atoms with van der Waals surface area (Å²) >= 11 is 0. The summed E-state index contributed by atoms with van der Waals surface area (Å²) in [5.74, 6) is -0.0276. The van der Waals surface area contributed by atoms with Crippen molar-refractivity contribution in [2.75, 3.05) is 6.61 Å². The van der Waals surface area contributed by atoms with Crippen LogP contribution in [0, 0.1) is 0 Å². The zero-order valence-corrected chi connectivity index (χ0v) is 30.9. The van der Waals surface area contributed by atoms with E-state index >= 15 is 0 Å². The SMILES string of the molecule is CCCCCCCCCCCCCCCCCCCCCCCCC(=O)NC(CO)C(O)CCCCCCCCCCCCC. The van der Waals surface area contributed by atoms with Crippen LogP contribution in [0.3, 0.4) is 0 Å². The van der Waals surface area contributed by atoms with Crippen LogP contribution in [0.15, 0.2) is 0 Å². The highest BCUT2D eigenvalue weighted by atomic mass is 16.3. The summed E-state index contributed by atoms with van der Waals surface area (Å²) in [6.45, 7) is 4.36. The number of hydrogen-bond acceptors (Lipinski definition) is 3. The normalized spacial score (nSPS) is 12.9. The number of amides is 1. The van der Waals surface area contributed by atoms with E-state index in [-0.39, 0.29) is 12.5 Å². The second-order valence-corrected chi connectivity index (χ2v) is 14.4. The minimum Gasteiger partial charge on any atom is -0.394 e. The van der Waals surface area contributed by atoms with Crippen LogP contribution in [0.4, 0.5) is 0 Å². The Bertz CT molecular complexity index is 569. The molecule has 2 unspecified atom stereocenters. The minimum absolute atomic E-state index is 0.0276. The summed E-state index contributed by atoms with van der Waals surface area (Å²) in [6, 6.07) is -0.527. The van der Waals surface area contributed by atoms with Gasteiger partial charge in [0.2, 0.25) is 5.91 Å². The van der Waals surface area contributed by atoms with E-state index in [0.29, 0.717) is 12.8 Å². The average Bonchev–Trinajstić information content (AvgIpc) is 3.04. The lowest BCUT2D eigenvalue weighted by atomic mass is 10.0. The number of aliphatic hydroxyl groups excluding tert-OH is 2. The fourth-order valence-electron chi connectivity index (χ4n) is 6.66. The van der Waals surface area contributed by atoms with Crippen molar-refractivity contribution in [1.29, 1.82) is 0 Å². The molecule has 0 radical (unpaired) electrons. The molecular formula is C41H83NO3. The molecule has 1 amide bonds. The van der Waals surface area contributed by atoms with E-state index in [9.17, 15) is 15.0 Å². The Morgan fingerprint density at radius 1 is 0.444 bits per heavy atom. The molecule has 0 spiro atoms. The molecule has 0 saturated carbocycles. The van der Waals surface area contributed by atoms with Gasteiger partial charge < -0.3 is 15.5 Å². The molecule has 3 N–H and O–H groups in total. The molecule has 0 rings (SSSR count). The van der Waals surface area contributed by atoms with Gasteiger partial charge in [-0.25, -0.2) is 0 Å². The Kier molecular flexibility index (Phi) is 37.3. The molecular weight excluding hydrogens is 554 g/mol. The maximum absolute atomic E-state index is 12.4. The summed E-state index contributed by atoms with van der Waals surface area (Å²) in [7, 11) is 0. The molecule has 0 fully saturated rings. The van der Waals surface area contributed by atoms with E-state index in [1.807, 2.05) is 0 Å². The summed E-state index contributed by atoms with van der Waals surface area (Å²) in [4.78, 5) is 12.4. The smallest absolute Gasteiger partial charge is 0.220 e. The highest BCUT2D eigenvalue weighted by molar-refractivity contribution is 5.76. The Morgan fingerprint density at radius 3 is 1.00 bits per heavy atom. The van der Waals surface area contributed by atoms with E-state index in [1.54, 1.807) is 0 Å². The van der Waals surface area contributed by atoms with Crippen molar-refractivity contribution in [3.63, 3.8) is 0 Å². The maximum Gasteiger partial charge on any atom is 0.220 e. The summed E-state index contributed by atoms with van der Waals surface area (Å²) in [5.41, 5.74) is 0. The first kappa shape index (κ1) is 44.4. The van der Waals surface area contributed by atoms with Crippen LogP contribution < -0.4 is 5.32 Å². The van der Waals surface area contributed by atoms with E-state index in [4.69, 9.17) is 0 Å². The summed E-state index contributed by atoms with van der Waals surface area (Å²) in [5, 5.41) is 23.1. The lowest BCUT2D eigenvalue weighted by Gasteiger charge is -2.22.